The average molecular weight is 188 g/mol. The van der Waals surface area contributed by atoms with Crippen LogP contribution in [0, 0.1) is 17.5 Å². The van der Waals surface area contributed by atoms with Crippen LogP contribution in [0.1, 0.15) is 15.9 Å². The third kappa shape index (κ3) is 0.998. The number of hydrogen-bond donors (Lipinski definition) is 0. The second kappa shape index (κ2) is 2.48. The summed E-state index contributed by atoms with van der Waals surface area (Å²) in [6.07, 6.45) is 0. The summed E-state index contributed by atoms with van der Waals surface area (Å²) >= 11 is 0. The summed E-state index contributed by atoms with van der Waals surface area (Å²) in [5.74, 6) is -4.71. The van der Waals surface area contributed by atoms with E-state index in [9.17, 15) is 18.0 Å². The number of rotatable bonds is 0. The molecule has 0 saturated carbocycles. The van der Waals surface area contributed by atoms with Crippen molar-refractivity contribution in [3.63, 3.8) is 0 Å². The highest BCUT2D eigenvalue weighted by Crippen LogP contribution is 2.26. The van der Waals surface area contributed by atoms with Crippen molar-refractivity contribution in [3.05, 3.63) is 34.6 Å². The normalized spacial score (nSPS) is 14.2. The number of fused-ring (bicyclic) bond motifs is 1. The van der Waals surface area contributed by atoms with Gasteiger partial charge in [0.1, 0.15) is 18.0 Å². The standard InChI is InChI=1S/C8H3F3O2/c9-4-1-5(10)7(11)6-3(4)2-13-8(6)12/h1H,2H2. The zero-order valence-corrected chi connectivity index (χ0v) is 6.23. The minimum atomic E-state index is -1.38. The van der Waals surface area contributed by atoms with E-state index in [1.165, 1.54) is 0 Å². The third-order valence-electron chi connectivity index (χ3n) is 1.82. The molecule has 68 valence electrons. The van der Waals surface area contributed by atoms with Crippen molar-refractivity contribution in [3.8, 4) is 0 Å². The van der Waals surface area contributed by atoms with Crippen LogP contribution in [0.3, 0.4) is 0 Å². The summed E-state index contributed by atoms with van der Waals surface area (Å²) in [6.45, 7) is -0.336. The molecule has 0 aromatic heterocycles. The number of carbonyl (C=O) groups is 1. The monoisotopic (exact) mass is 188 g/mol. The van der Waals surface area contributed by atoms with Crippen molar-refractivity contribution in [2.75, 3.05) is 0 Å². The smallest absolute Gasteiger partial charge is 0.342 e. The molecule has 0 saturated heterocycles. The summed E-state index contributed by atoms with van der Waals surface area (Å²) in [5.41, 5.74) is -0.846. The van der Waals surface area contributed by atoms with Crippen molar-refractivity contribution in [1.82, 2.24) is 0 Å². The summed E-state index contributed by atoms with van der Waals surface area (Å²) < 4.78 is 42.7. The molecule has 0 spiro atoms. The number of carbonyl (C=O) groups excluding carboxylic acids is 1. The van der Waals surface area contributed by atoms with Crippen LogP contribution >= 0.6 is 0 Å². The summed E-state index contributed by atoms with van der Waals surface area (Å²) in [6, 6.07) is 0.399. The summed E-state index contributed by atoms with van der Waals surface area (Å²) in [4.78, 5) is 10.8. The first-order chi connectivity index (χ1) is 6.11. The Morgan fingerprint density at radius 1 is 1.23 bits per heavy atom. The molecule has 0 unspecified atom stereocenters. The molecule has 0 aliphatic carbocycles. The van der Waals surface area contributed by atoms with Crippen LogP contribution < -0.4 is 0 Å². The van der Waals surface area contributed by atoms with E-state index in [-0.39, 0.29) is 12.2 Å². The SMILES string of the molecule is O=C1OCc2c(F)cc(F)c(F)c21. The Hall–Kier alpha value is -1.52. The molecule has 5 heteroatoms. The van der Waals surface area contributed by atoms with Gasteiger partial charge in [-0.15, -0.1) is 0 Å². The molecule has 1 heterocycles. The fourth-order valence-electron chi connectivity index (χ4n) is 1.20. The quantitative estimate of drug-likeness (QED) is 0.458. The Morgan fingerprint density at radius 3 is 2.62 bits per heavy atom. The lowest BCUT2D eigenvalue weighted by atomic mass is 10.1. The first kappa shape index (κ1) is 8.10. The molecule has 0 atom stereocenters. The second-order valence-electron chi connectivity index (χ2n) is 2.58. The Labute approximate surface area is 70.9 Å². The van der Waals surface area contributed by atoms with Crippen LogP contribution in [0.15, 0.2) is 6.07 Å². The van der Waals surface area contributed by atoms with E-state index in [2.05, 4.69) is 4.74 Å². The van der Waals surface area contributed by atoms with E-state index in [1.807, 2.05) is 0 Å². The molecule has 0 bridgehead atoms. The molecular formula is C8H3F3O2. The Bertz CT molecular complexity index is 401. The van der Waals surface area contributed by atoms with E-state index in [4.69, 9.17) is 0 Å². The molecule has 1 aromatic carbocycles. The lowest BCUT2D eigenvalue weighted by molar-refractivity contribution is 0.0530. The predicted molar refractivity (Wildman–Crippen MR) is 35.4 cm³/mol. The third-order valence-corrected chi connectivity index (χ3v) is 1.82. The lowest BCUT2D eigenvalue weighted by Crippen LogP contribution is -2.02. The first-order valence-corrected chi connectivity index (χ1v) is 3.44. The molecule has 13 heavy (non-hydrogen) atoms. The van der Waals surface area contributed by atoms with E-state index < -0.39 is 29.0 Å². The average Bonchev–Trinajstić information content (AvgIpc) is 2.44. The van der Waals surface area contributed by atoms with E-state index >= 15 is 0 Å². The molecule has 0 amide bonds. The highest BCUT2D eigenvalue weighted by atomic mass is 19.2. The minimum absolute atomic E-state index is 0.219. The number of hydrogen-bond acceptors (Lipinski definition) is 2. The molecule has 0 N–H and O–H groups in total. The van der Waals surface area contributed by atoms with Crippen molar-refractivity contribution in [2.45, 2.75) is 6.61 Å². The fourth-order valence-corrected chi connectivity index (χ4v) is 1.20. The summed E-state index contributed by atoms with van der Waals surface area (Å²) in [5, 5.41) is 0. The van der Waals surface area contributed by atoms with E-state index in [0.717, 1.165) is 0 Å². The van der Waals surface area contributed by atoms with E-state index in [0.29, 0.717) is 6.07 Å². The lowest BCUT2D eigenvalue weighted by Gasteiger charge is -1.98. The van der Waals surface area contributed by atoms with Gasteiger partial charge in [0.05, 0.1) is 0 Å². The fraction of sp³-hybridized carbons (Fsp3) is 0.125. The molecule has 1 aliphatic rings. The van der Waals surface area contributed by atoms with Crippen LogP contribution in [-0.4, -0.2) is 5.97 Å². The van der Waals surface area contributed by atoms with Gasteiger partial charge in [-0.1, -0.05) is 0 Å². The first-order valence-electron chi connectivity index (χ1n) is 3.44. The van der Waals surface area contributed by atoms with Crippen LogP contribution in [0.4, 0.5) is 13.2 Å². The largest absolute Gasteiger partial charge is 0.457 e. The van der Waals surface area contributed by atoms with Crippen LogP contribution in [0.2, 0.25) is 0 Å². The molecular weight excluding hydrogens is 185 g/mol. The van der Waals surface area contributed by atoms with Crippen LogP contribution in [-0.2, 0) is 11.3 Å². The maximum Gasteiger partial charge on any atom is 0.342 e. The molecule has 2 nitrogen and oxygen atoms in total. The zero-order valence-electron chi connectivity index (χ0n) is 6.23. The minimum Gasteiger partial charge on any atom is -0.457 e. The second-order valence-corrected chi connectivity index (χ2v) is 2.58. The maximum atomic E-state index is 12.9. The van der Waals surface area contributed by atoms with Gasteiger partial charge in [-0.25, -0.2) is 18.0 Å². The number of halogens is 3. The number of cyclic esters (lactones) is 1. The van der Waals surface area contributed by atoms with Crippen molar-refractivity contribution < 1.29 is 22.7 Å². The Kier molecular flexibility index (Phi) is 1.55. The Morgan fingerprint density at radius 2 is 1.92 bits per heavy atom. The van der Waals surface area contributed by atoms with Crippen molar-refractivity contribution in [1.29, 1.82) is 0 Å². The van der Waals surface area contributed by atoms with Crippen LogP contribution in [0.25, 0.3) is 0 Å². The molecule has 1 aliphatic heterocycles. The van der Waals surface area contributed by atoms with Gasteiger partial charge in [0.15, 0.2) is 11.6 Å². The number of esters is 1. The van der Waals surface area contributed by atoms with Crippen LogP contribution in [0.5, 0.6) is 0 Å². The highest BCUT2D eigenvalue weighted by molar-refractivity contribution is 5.93. The van der Waals surface area contributed by atoms with Gasteiger partial charge >= 0.3 is 5.97 Å². The maximum absolute atomic E-state index is 12.9. The molecule has 0 radical (unpaired) electrons. The van der Waals surface area contributed by atoms with Gasteiger partial charge in [-0.2, -0.15) is 0 Å². The van der Waals surface area contributed by atoms with Gasteiger partial charge in [-0.05, 0) is 0 Å². The van der Waals surface area contributed by atoms with Gasteiger partial charge in [0.25, 0.3) is 0 Å². The van der Waals surface area contributed by atoms with Gasteiger partial charge in [-0.3, -0.25) is 0 Å². The van der Waals surface area contributed by atoms with Crippen molar-refractivity contribution in [2.24, 2.45) is 0 Å². The molecule has 0 fully saturated rings. The number of ether oxygens (including phenoxy) is 1. The predicted octanol–water partition coefficient (Wildman–Crippen LogP) is 1.77. The van der Waals surface area contributed by atoms with E-state index in [1.54, 1.807) is 0 Å². The van der Waals surface area contributed by atoms with Gasteiger partial charge in [0.2, 0.25) is 0 Å². The zero-order chi connectivity index (χ0) is 9.59. The van der Waals surface area contributed by atoms with Crippen molar-refractivity contribution >= 4 is 5.97 Å². The Balaban J connectivity index is 2.77. The topological polar surface area (TPSA) is 26.3 Å². The summed E-state index contributed by atoms with van der Waals surface area (Å²) in [7, 11) is 0. The molecule has 2 rings (SSSR count). The highest BCUT2D eigenvalue weighted by Gasteiger charge is 2.30. The molecule has 1 aromatic rings. The van der Waals surface area contributed by atoms with Gasteiger partial charge < -0.3 is 4.74 Å². The number of benzene rings is 1. The van der Waals surface area contributed by atoms with Gasteiger partial charge in [0, 0.05) is 11.6 Å².